The second-order valence-electron chi connectivity index (χ2n) is 3.62. The molecule has 0 radical (unpaired) electrons. The fraction of sp³-hybridized carbons (Fsp3) is 0.273. The van der Waals surface area contributed by atoms with Gasteiger partial charge in [0.05, 0.1) is 17.0 Å². The average Bonchev–Trinajstić information content (AvgIpc) is 2.35. The summed E-state index contributed by atoms with van der Waals surface area (Å²) >= 11 is 0. The smallest absolute Gasteiger partial charge is 0.258 e. The van der Waals surface area contributed by atoms with E-state index in [-0.39, 0.29) is 0 Å². The molecule has 0 aliphatic carbocycles. The molecule has 0 amide bonds. The molecule has 19 heavy (non-hydrogen) atoms. The number of hydrogen-bond donors (Lipinski definition) is 1. The lowest BCUT2D eigenvalue weighted by Gasteiger charge is -2.11. The second-order valence-corrected chi connectivity index (χ2v) is 5.30. The Morgan fingerprint density at radius 3 is 2.68 bits per heavy atom. The lowest BCUT2D eigenvalue weighted by Crippen LogP contribution is -2.33. The highest BCUT2D eigenvalue weighted by molar-refractivity contribution is 7.89. The minimum atomic E-state index is -4.18. The Balaban J connectivity index is 3.30. The minimum Gasteiger partial charge on any atom is -0.258 e. The highest BCUT2D eigenvalue weighted by Crippen LogP contribution is 2.24. The lowest BCUT2D eigenvalue weighted by atomic mass is 10.3. The van der Waals surface area contributed by atoms with Crippen molar-refractivity contribution in [2.75, 3.05) is 0 Å². The maximum atomic E-state index is 12.9. The van der Waals surface area contributed by atoms with Crippen LogP contribution in [0.4, 0.5) is 10.1 Å². The van der Waals surface area contributed by atoms with Crippen LogP contribution in [0.3, 0.4) is 0 Å². The van der Waals surface area contributed by atoms with Gasteiger partial charge in [-0.3, -0.25) is 10.1 Å². The predicted molar refractivity (Wildman–Crippen MR) is 66.3 cm³/mol. The van der Waals surface area contributed by atoms with Crippen molar-refractivity contribution in [2.45, 2.75) is 24.3 Å². The molecule has 0 heterocycles. The standard InChI is InChI=1S/C11H11FN2O4S/c1-3-9(4-2)13-19(17,18)11-6-5-8(12)7-10(11)14(15)16/h1,5-7,9,13H,4H2,2H3. The predicted octanol–water partition coefficient (Wildman–Crippen LogP) is 1.42. The Kier molecular flexibility index (Phi) is 4.58. The first-order chi connectivity index (χ1) is 8.81. The monoisotopic (exact) mass is 286 g/mol. The van der Waals surface area contributed by atoms with E-state index >= 15 is 0 Å². The number of nitro benzene ring substituents is 1. The van der Waals surface area contributed by atoms with Crippen LogP contribution >= 0.6 is 0 Å². The molecule has 8 heteroatoms. The summed E-state index contributed by atoms with van der Waals surface area (Å²) in [4.78, 5) is 9.17. The molecule has 0 bridgehead atoms. The third kappa shape index (κ3) is 3.49. The van der Waals surface area contributed by atoms with Gasteiger partial charge in [0.1, 0.15) is 5.82 Å². The van der Waals surface area contributed by atoms with E-state index in [1.165, 1.54) is 0 Å². The number of rotatable bonds is 5. The molecule has 1 aromatic carbocycles. The summed E-state index contributed by atoms with van der Waals surface area (Å²) in [5.41, 5.74) is -0.834. The largest absolute Gasteiger partial charge is 0.292 e. The van der Waals surface area contributed by atoms with Crippen LogP contribution in [0.15, 0.2) is 23.1 Å². The van der Waals surface area contributed by atoms with Crippen LogP contribution in [0.25, 0.3) is 0 Å². The number of sulfonamides is 1. The van der Waals surface area contributed by atoms with Crippen molar-refractivity contribution in [1.29, 1.82) is 0 Å². The zero-order valence-corrected chi connectivity index (χ0v) is 10.8. The Hall–Kier alpha value is -1.98. The fourth-order valence-corrected chi connectivity index (χ4v) is 2.74. The summed E-state index contributed by atoms with van der Waals surface area (Å²) in [6.45, 7) is 1.66. The van der Waals surface area contributed by atoms with E-state index in [9.17, 15) is 22.9 Å². The summed E-state index contributed by atoms with van der Waals surface area (Å²) in [6, 6.07) is 1.43. The first-order valence-electron chi connectivity index (χ1n) is 5.24. The molecule has 0 aliphatic rings. The summed E-state index contributed by atoms with van der Waals surface area (Å²) in [5.74, 6) is 1.31. The van der Waals surface area contributed by atoms with Gasteiger partial charge in [-0.15, -0.1) is 6.42 Å². The number of hydrogen-bond acceptors (Lipinski definition) is 4. The van der Waals surface area contributed by atoms with E-state index in [0.717, 1.165) is 12.1 Å². The van der Waals surface area contributed by atoms with Crippen LogP contribution in [0, 0.1) is 28.3 Å². The number of nitrogens with zero attached hydrogens (tertiary/aromatic N) is 1. The molecule has 102 valence electrons. The van der Waals surface area contributed by atoms with E-state index in [1.807, 2.05) is 0 Å². The van der Waals surface area contributed by atoms with Crippen molar-refractivity contribution in [1.82, 2.24) is 4.72 Å². The molecule has 1 rings (SSSR count). The summed E-state index contributed by atoms with van der Waals surface area (Å²) in [6.07, 6.45) is 5.44. The lowest BCUT2D eigenvalue weighted by molar-refractivity contribution is -0.388. The summed E-state index contributed by atoms with van der Waals surface area (Å²) in [7, 11) is -4.18. The van der Waals surface area contributed by atoms with Crippen molar-refractivity contribution in [3.05, 3.63) is 34.1 Å². The van der Waals surface area contributed by atoms with Crippen molar-refractivity contribution >= 4 is 15.7 Å². The van der Waals surface area contributed by atoms with Gasteiger partial charge >= 0.3 is 0 Å². The van der Waals surface area contributed by atoms with Crippen LogP contribution < -0.4 is 4.72 Å². The van der Waals surface area contributed by atoms with Gasteiger partial charge in [-0.05, 0) is 18.6 Å². The molecule has 0 spiro atoms. The Labute approximate surface area is 109 Å². The van der Waals surface area contributed by atoms with Gasteiger partial charge < -0.3 is 0 Å². The third-order valence-corrected chi connectivity index (χ3v) is 3.83. The van der Waals surface area contributed by atoms with E-state index < -0.39 is 37.4 Å². The third-order valence-electron chi connectivity index (χ3n) is 2.31. The Bertz CT molecular complexity index is 637. The fourth-order valence-electron chi connectivity index (χ4n) is 1.35. The topological polar surface area (TPSA) is 89.3 Å². The number of halogens is 1. The molecule has 1 N–H and O–H groups in total. The minimum absolute atomic E-state index is 0.324. The van der Waals surface area contributed by atoms with Gasteiger partial charge in [0.25, 0.3) is 5.69 Å². The first-order valence-corrected chi connectivity index (χ1v) is 6.72. The summed E-state index contributed by atoms with van der Waals surface area (Å²) in [5, 5.41) is 10.8. The van der Waals surface area contributed by atoms with Gasteiger partial charge in [0.15, 0.2) is 4.90 Å². The second kappa shape index (κ2) is 5.77. The van der Waals surface area contributed by atoms with Gasteiger partial charge in [0, 0.05) is 0 Å². The van der Waals surface area contributed by atoms with Crippen molar-refractivity contribution < 1.29 is 17.7 Å². The molecule has 0 fully saturated rings. The van der Waals surface area contributed by atoms with Crippen LogP contribution in [0.1, 0.15) is 13.3 Å². The Morgan fingerprint density at radius 2 is 2.21 bits per heavy atom. The van der Waals surface area contributed by atoms with E-state index in [2.05, 4.69) is 10.6 Å². The van der Waals surface area contributed by atoms with Crippen LogP contribution in [0.2, 0.25) is 0 Å². The zero-order chi connectivity index (χ0) is 14.6. The quantitative estimate of drug-likeness (QED) is 0.503. The molecular formula is C11H11FN2O4S. The van der Waals surface area contributed by atoms with Gasteiger partial charge in [-0.1, -0.05) is 12.8 Å². The van der Waals surface area contributed by atoms with Crippen molar-refractivity contribution in [2.24, 2.45) is 0 Å². The van der Waals surface area contributed by atoms with E-state index in [1.54, 1.807) is 6.92 Å². The van der Waals surface area contributed by atoms with Gasteiger partial charge in [-0.2, -0.15) is 4.72 Å². The number of terminal acetylenes is 1. The molecule has 1 unspecified atom stereocenters. The highest BCUT2D eigenvalue weighted by Gasteiger charge is 2.27. The van der Waals surface area contributed by atoms with E-state index in [0.29, 0.717) is 12.5 Å². The number of benzene rings is 1. The first kappa shape index (κ1) is 15.1. The maximum absolute atomic E-state index is 12.9. The molecule has 0 saturated carbocycles. The van der Waals surface area contributed by atoms with E-state index in [4.69, 9.17) is 6.42 Å². The maximum Gasteiger partial charge on any atom is 0.292 e. The number of nitro groups is 1. The number of nitrogens with one attached hydrogen (secondary N) is 1. The molecule has 0 aromatic heterocycles. The van der Waals surface area contributed by atoms with Crippen molar-refractivity contribution in [3.8, 4) is 12.3 Å². The van der Waals surface area contributed by atoms with Gasteiger partial charge in [-0.25, -0.2) is 12.8 Å². The molecule has 1 aromatic rings. The van der Waals surface area contributed by atoms with Gasteiger partial charge in [0.2, 0.25) is 10.0 Å². The molecule has 0 saturated heterocycles. The molecule has 1 atom stereocenters. The SMILES string of the molecule is C#CC(CC)NS(=O)(=O)c1ccc(F)cc1[N+](=O)[O-]. The molecule has 0 aliphatic heterocycles. The normalized spacial score (nSPS) is 12.7. The van der Waals surface area contributed by atoms with Crippen LogP contribution in [0.5, 0.6) is 0 Å². The van der Waals surface area contributed by atoms with Crippen LogP contribution in [-0.2, 0) is 10.0 Å². The van der Waals surface area contributed by atoms with Crippen LogP contribution in [-0.4, -0.2) is 19.4 Å². The Morgan fingerprint density at radius 1 is 1.58 bits per heavy atom. The average molecular weight is 286 g/mol. The van der Waals surface area contributed by atoms with Crippen molar-refractivity contribution in [3.63, 3.8) is 0 Å². The highest BCUT2D eigenvalue weighted by atomic mass is 32.2. The summed E-state index contributed by atoms with van der Waals surface area (Å²) < 4.78 is 39.0. The molecule has 6 nitrogen and oxygen atoms in total. The molecular weight excluding hydrogens is 275 g/mol. The zero-order valence-electron chi connectivity index (χ0n) is 9.96.